The molecule has 6 heteroatoms. The zero-order valence-electron chi connectivity index (χ0n) is 8.03. The van der Waals surface area contributed by atoms with E-state index in [1.54, 1.807) is 19.9 Å². The predicted octanol–water partition coefficient (Wildman–Crippen LogP) is -0.445. The molecule has 0 aliphatic carbocycles. The summed E-state index contributed by atoms with van der Waals surface area (Å²) in [5, 5.41) is 7.38. The van der Waals surface area contributed by atoms with Gasteiger partial charge in [-0.2, -0.15) is 5.26 Å². The topological polar surface area (TPSA) is 96.0 Å². The fourth-order valence-corrected chi connectivity index (χ4v) is 1.75. The van der Waals surface area contributed by atoms with Crippen molar-refractivity contribution in [2.45, 2.75) is 31.6 Å². The van der Waals surface area contributed by atoms with E-state index in [0.717, 1.165) is 0 Å². The Balaban J connectivity index is 4.65. The molecule has 0 rings (SSSR count). The van der Waals surface area contributed by atoms with Crippen molar-refractivity contribution in [2.75, 3.05) is 6.54 Å². The molecule has 5 nitrogen and oxygen atoms in total. The van der Waals surface area contributed by atoms with Gasteiger partial charge < -0.3 is 5.73 Å². The molecule has 0 aromatic rings. The van der Waals surface area contributed by atoms with Gasteiger partial charge in [-0.15, -0.1) is 0 Å². The summed E-state index contributed by atoms with van der Waals surface area (Å²) in [4.78, 5) is 0. The monoisotopic (exact) mass is 205 g/mol. The maximum atomic E-state index is 11.3. The molecular weight excluding hydrogens is 190 g/mol. The van der Waals surface area contributed by atoms with Crippen LogP contribution in [0.15, 0.2) is 0 Å². The van der Waals surface area contributed by atoms with Crippen molar-refractivity contribution in [1.82, 2.24) is 4.72 Å². The van der Waals surface area contributed by atoms with Gasteiger partial charge in [0.15, 0.2) is 5.25 Å². The van der Waals surface area contributed by atoms with E-state index in [1.807, 2.05) is 0 Å². The number of hydrogen-bond donors (Lipinski definition) is 2. The Bertz CT molecular complexity index is 302. The minimum atomic E-state index is -3.57. The summed E-state index contributed by atoms with van der Waals surface area (Å²) in [6, 6.07) is 1.66. The van der Waals surface area contributed by atoms with Crippen LogP contribution in [0.25, 0.3) is 0 Å². The summed E-state index contributed by atoms with van der Waals surface area (Å²) in [6.45, 7) is 4.84. The van der Waals surface area contributed by atoms with Crippen LogP contribution in [-0.2, 0) is 10.0 Å². The molecule has 3 N–H and O–H groups in total. The Kier molecular flexibility index (Phi) is 3.85. The highest BCUT2D eigenvalue weighted by atomic mass is 32.2. The molecule has 0 aromatic heterocycles. The van der Waals surface area contributed by atoms with Gasteiger partial charge in [-0.25, -0.2) is 13.1 Å². The highest BCUT2D eigenvalue weighted by Gasteiger charge is 2.27. The molecular formula is C7H15N3O2S. The van der Waals surface area contributed by atoms with Crippen LogP contribution in [0.2, 0.25) is 0 Å². The molecule has 1 atom stereocenters. The second-order valence-electron chi connectivity index (χ2n) is 3.51. The highest BCUT2D eigenvalue weighted by molar-refractivity contribution is 7.90. The number of sulfonamides is 1. The molecule has 0 saturated heterocycles. The maximum absolute atomic E-state index is 11.3. The summed E-state index contributed by atoms with van der Waals surface area (Å²) in [5.74, 6) is 0. The molecule has 0 amide bonds. The Morgan fingerprint density at radius 1 is 1.62 bits per heavy atom. The Morgan fingerprint density at radius 2 is 2.08 bits per heavy atom. The van der Waals surface area contributed by atoms with Crippen molar-refractivity contribution in [1.29, 1.82) is 5.26 Å². The molecule has 0 aromatic carbocycles. The van der Waals surface area contributed by atoms with Crippen LogP contribution in [0.4, 0.5) is 0 Å². The molecule has 0 heterocycles. The van der Waals surface area contributed by atoms with Gasteiger partial charge in [0.25, 0.3) is 0 Å². The molecule has 0 fully saturated rings. The van der Waals surface area contributed by atoms with Gasteiger partial charge >= 0.3 is 0 Å². The highest BCUT2D eigenvalue weighted by Crippen LogP contribution is 2.05. The molecule has 0 aliphatic heterocycles. The first-order valence-corrected chi connectivity index (χ1v) is 5.42. The van der Waals surface area contributed by atoms with Crippen LogP contribution >= 0.6 is 0 Å². The first-order valence-electron chi connectivity index (χ1n) is 3.87. The van der Waals surface area contributed by atoms with Crippen LogP contribution in [-0.4, -0.2) is 25.8 Å². The zero-order chi connectivity index (χ0) is 10.7. The first-order chi connectivity index (χ1) is 5.75. The van der Waals surface area contributed by atoms with Crippen LogP contribution in [0.3, 0.4) is 0 Å². The van der Waals surface area contributed by atoms with Crippen molar-refractivity contribution < 1.29 is 8.42 Å². The second kappa shape index (κ2) is 4.05. The van der Waals surface area contributed by atoms with E-state index in [2.05, 4.69) is 4.72 Å². The largest absolute Gasteiger partial charge is 0.329 e. The molecule has 0 aliphatic rings. The third-order valence-corrected chi connectivity index (χ3v) is 3.45. The van der Waals surface area contributed by atoms with Gasteiger partial charge in [0, 0.05) is 12.1 Å². The number of nitrogens with two attached hydrogens (primary N) is 1. The summed E-state index contributed by atoms with van der Waals surface area (Å²) in [6.07, 6.45) is 0. The number of rotatable bonds is 4. The molecule has 0 saturated carbocycles. The fraction of sp³-hybridized carbons (Fsp3) is 0.857. The minimum Gasteiger partial charge on any atom is -0.329 e. The lowest BCUT2D eigenvalue weighted by Crippen LogP contribution is -2.50. The van der Waals surface area contributed by atoms with Crippen molar-refractivity contribution in [3.63, 3.8) is 0 Å². The minimum absolute atomic E-state index is 0.185. The average Bonchev–Trinajstić information content (AvgIpc) is 2.01. The van der Waals surface area contributed by atoms with Gasteiger partial charge in [0.2, 0.25) is 10.0 Å². The lowest BCUT2D eigenvalue weighted by atomic mass is 10.1. The summed E-state index contributed by atoms with van der Waals surface area (Å²) in [7, 11) is -3.57. The fourth-order valence-electron chi connectivity index (χ4n) is 0.585. The smallest absolute Gasteiger partial charge is 0.228 e. The molecule has 0 bridgehead atoms. The van der Waals surface area contributed by atoms with Crippen LogP contribution in [0, 0.1) is 11.3 Å². The third-order valence-electron chi connectivity index (χ3n) is 1.58. The first kappa shape index (κ1) is 12.4. The van der Waals surface area contributed by atoms with Gasteiger partial charge in [-0.3, -0.25) is 0 Å². The summed E-state index contributed by atoms with van der Waals surface area (Å²) < 4.78 is 25.1. The molecule has 0 spiro atoms. The lowest BCUT2D eigenvalue weighted by Gasteiger charge is -2.24. The third kappa shape index (κ3) is 3.72. The van der Waals surface area contributed by atoms with E-state index in [4.69, 9.17) is 11.0 Å². The number of nitriles is 1. The lowest BCUT2D eigenvalue weighted by molar-refractivity contribution is 0.461. The SMILES string of the molecule is CC(C#N)S(=O)(=O)NC(C)(C)CN. The van der Waals surface area contributed by atoms with E-state index in [1.165, 1.54) is 6.92 Å². The van der Waals surface area contributed by atoms with E-state index >= 15 is 0 Å². The van der Waals surface area contributed by atoms with E-state index < -0.39 is 20.8 Å². The van der Waals surface area contributed by atoms with Gasteiger partial charge in [-0.1, -0.05) is 0 Å². The van der Waals surface area contributed by atoms with Gasteiger partial charge in [0.05, 0.1) is 6.07 Å². The predicted molar refractivity (Wildman–Crippen MR) is 50.3 cm³/mol. The molecule has 13 heavy (non-hydrogen) atoms. The summed E-state index contributed by atoms with van der Waals surface area (Å²) in [5.41, 5.74) is 4.64. The van der Waals surface area contributed by atoms with Crippen LogP contribution < -0.4 is 10.5 Å². The number of nitrogens with zero attached hydrogens (tertiary/aromatic N) is 1. The van der Waals surface area contributed by atoms with Crippen molar-refractivity contribution in [3.05, 3.63) is 0 Å². The summed E-state index contributed by atoms with van der Waals surface area (Å²) >= 11 is 0. The van der Waals surface area contributed by atoms with Gasteiger partial charge in [0.1, 0.15) is 0 Å². The van der Waals surface area contributed by atoms with Crippen molar-refractivity contribution >= 4 is 10.0 Å². The van der Waals surface area contributed by atoms with E-state index in [-0.39, 0.29) is 6.54 Å². The van der Waals surface area contributed by atoms with E-state index in [0.29, 0.717) is 0 Å². The number of nitrogens with one attached hydrogen (secondary N) is 1. The average molecular weight is 205 g/mol. The number of hydrogen-bond acceptors (Lipinski definition) is 4. The van der Waals surface area contributed by atoms with Crippen LogP contribution in [0.1, 0.15) is 20.8 Å². The Morgan fingerprint density at radius 3 is 2.38 bits per heavy atom. The maximum Gasteiger partial charge on any atom is 0.228 e. The van der Waals surface area contributed by atoms with Gasteiger partial charge in [-0.05, 0) is 20.8 Å². The van der Waals surface area contributed by atoms with Crippen molar-refractivity contribution in [3.8, 4) is 6.07 Å². The Hall–Kier alpha value is -0.640. The molecule has 0 radical (unpaired) electrons. The molecule has 76 valence electrons. The second-order valence-corrected chi connectivity index (χ2v) is 5.51. The Labute approximate surface area is 79.0 Å². The zero-order valence-corrected chi connectivity index (χ0v) is 8.85. The normalized spacial score (nSPS) is 15.0. The van der Waals surface area contributed by atoms with Crippen LogP contribution in [0.5, 0.6) is 0 Å². The van der Waals surface area contributed by atoms with E-state index in [9.17, 15) is 8.42 Å². The standard InChI is InChI=1S/C7H15N3O2S/c1-6(4-8)13(11,12)10-7(2,3)5-9/h6,10H,5,9H2,1-3H3. The molecule has 1 unspecified atom stereocenters. The van der Waals surface area contributed by atoms with Crippen molar-refractivity contribution in [2.24, 2.45) is 5.73 Å². The quantitative estimate of drug-likeness (QED) is 0.650.